The van der Waals surface area contributed by atoms with Crippen molar-refractivity contribution in [2.45, 2.75) is 30.7 Å². The average Bonchev–Trinajstić information content (AvgIpc) is 3.16. The molecule has 0 radical (unpaired) electrons. The van der Waals surface area contributed by atoms with Crippen LogP contribution in [0.5, 0.6) is 0 Å². The van der Waals surface area contributed by atoms with Gasteiger partial charge in [-0.1, -0.05) is 18.7 Å². The number of ether oxygens (including phenoxy) is 1. The largest absolute Gasteiger partial charge is 0.478 e. The van der Waals surface area contributed by atoms with Gasteiger partial charge in [0.2, 0.25) is 0 Å². The monoisotopic (exact) mass is 441 g/mol. The van der Waals surface area contributed by atoms with E-state index in [9.17, 15) is 26.7 Å². The summed E-state index contributed by atoms with van der Waals surface area (Å²) in [6.07, 6.45) is -7.19. The van der Waals surface area contributed by atoms with Crippen LogP contribution in [-0.4, -0.2) is 36.4 Å². The fourth-order valence-corrected chi connectivity index (χ4v) is 3.64. The lowest BCUT2D eigenvalue weighted by molar-refractivity contribution is -0.202. The van der Waals surface area contributed by atoms with Crippen LogP contribution < -0.4 is 4.90 Å². The van der Waals surface area contributed by atoms with E-state index in [1.807, 2.05) is 0 Å². The Bertz CT molecular complexity index is 926. The highest BCUT2D eigenvalue weighted by Crippen LogP contribution is 2.37. The molecule has 1 saturated heterocycles. The minimum atomic E-state index is -4.45. The zero-order valence-corrected chi connectivity index (χ0v) is 16.3. The van der Waals surface area contributed by atoms with Gasteiger partial charge in [-0.15, -0.1) is 0 Å². The molecule has 0 amide bonds. The first-order valence-corrected chi connectivity index (χ1v) is 9.42. The highest BCUT2D eigenvalue weighted by Gasteiger charge is 2.37. The maximum Gasteiger partial charge on any atom is 0.416 e. The summed E-state index contributed by atoms with van der Waals surface area (Å²) in [6, 6.07) is 10.2. The molecule has 2 aromatic rings. The van der Waals surface area contributed by atoms with Crippen LogP contribution in [-0.2, 0) is 10.9 Å². The number of carboxylic acid groups (broad SMARTS) is 1. The van der Waals surface area contributed by atoms with Crippen molar-refractivity contribution in [2.24, 2.45) is 0 Å². The first-order chi connectivity index (χ1) is 14.5. The number of carbonyl (C=O) groups is 1. The molecule has 0 saturated carbocycles. The SMILES string of the molecule is C=CC(F)(F)OC[C@@H]1CC(c2ccc(C(F)(F)F)cc2)CN1c1ccc(C(=O)O)cc1. The highest BCUT2D eigenvalue weighted by atomic mass is 19.4. The highest BCUT2D eigenvalue weighted by molar-refractivity contribution is 5.88. The number of alkyl halides is 5. The third-order valence-electron chi connectivity index (χ3n) is 5.28. The molecule has 0 spiro atoms. The Morgan fingerprint density at radius 2 is 1.71 bits per heavy atom. The number of nitrogens with zero attached hydrogens (tertiary/aromatic N) is 1. The second-order valence-corrected chi connectivity index (χ2v) is 7.29. The number of hydrogen-bond acceptors (Lipinski definition) is 3. The molecule has 2 atom stereocenters. The average molecular weight is 441 g/mol. The summed E-state index contributed by atoms with van der Waals surface area (Å²) in [5.74, 6) is -1.31. The van der Waals surface area contributed by atoms with Gasteiger partial charge < -0.3 is 14.7 Å². The van der Waals surface area contributed by atoms with Crippen molar-refractivity contribution in [1.29, 1.82) is 0 Å². The molecule has 1 unspecified atom stereocenters. The van der Waals surface area contributed by atoms with Crippen LogP contribution in [0.3, 0.4) is 0 Å². The van der Waals surface area contributed by atoms with Crippen LogP contribution in [0.15, 0.2) is 61.2 Å². The topological polar surface area (TPSA) is 49.8 Å². The molecular formula is C22H20F5NO3. The van der Waals surface area contributed by atoms with Gasteiger partial charge in [-0.2, -0.15) is 22.0 Å². The predicted octanol–water partition coefficient (Wildman–Crippen LogP) is 5.56. The van der Waals surface area contributed by atoms with Crippen LogP contribution in [0.1, 0.15) is 33.8 Å². The number of anilines is 1. The van der Waals surface area contributed by atoms with E-state index in [1.165, 1.54) is 24.3 Å². The van der Waals surface area contributed by atoms with Crippen LogP contribution in [0.2, 0.25) is 0 Å². The zero-order chi connectivity index (χ0) is 22.8. The second-order valence-electron chi connectivity index (χ2n) is 7.29. The number of benzene rings is 2. The Balaban J connectivity index is 1.84. The van der Waals surface area contributed by atoms with Gasteiger partial charge >= 0.3 is 18.3 Å². The zero-order valence-electron chi connectivity index (χ0n) is 16.3. The van der Waals surface area contributed by atoms with E-state index in [1.54, 1.807) is 17.0 Å². The summed E-state index contributed by atoms with van der Waals surface area (Å²) in [4.78, 5) is 12.9. The summed E-state index contributed by atoms with van der Waals surface area (Å²) in [5, 5.41) is 9.06. The summed E-state index contributed by atoms with van der Waals surface area (Å²) in [7, 11) is 0. The van der Waals surface area contributed by atoms with Crippen LogP contribution in [0, 0.1) is 0 Å². The Morgan fingerprint density at radius 3 is 2.23 bits per heavy atom. The number of hydrogen-bond donors (Lipinski definition) is 1. The summed E-state index contributed by atoms with van der Waals surface area (Å²) < 4.78 is 70.2. The lowest BCUT2D eigenvalue weighted by Crippen LogP contribution is -2.35. The number of halogens is 5. The van der Waals surface area contributed by atoms with Crippen LogP contribution in [0.4, 0.5) is 27.6 Å². The van der Waals surface area contributed by atoms with E-state index >= 15 is 0 Å². The fourth-order valence-electron chi connectivity index (χ4n) is 3.64. The maximum atomic E-state index is 13.5. The normalized spacial score (nSPS) is 19.5. The second kappa shape index (κ2) is 8.66. The van der Waals surface area contributed by atoms with Crippen LogP contribution >= 0.6 is 0 Å². The Hall–Kier alpha value is -2.94. The van der Waals surface area contributed by atoms with E-state index in [2.05, 4.69) is 11.3 Å². The van der Waals surface area contributed by atoms with Gasteiger partial charge in [-0.3, -0.25) is 0 Å². The van der Waals surface area contributed by atoms with Crippen molar-refractivity contribution in [1.82, 2.24) is 0 Å². The molecule has 1 heterocycles. The van der Waals surface area contributed by atoms with E-state index in [4.69, 9.17) is 5.11 Å². The van der Waals surface area contributed by atoms with Crippen molar-refractivity contribution >= 4 is 11.7 Å². The van der Waals surface area contributed by atoms with Gasteiger partial charge in [0, 0.05) is 24.2 Å². The molecule has 0 aromatic heterocycles. The van der Waals surface area contributed by atoms with E-state index < -0.39 is 29.9 Å². The molecule has 31 heavy (non-hydrogen) atoms. The van der Waals surface area contributed by atoms with E-state index in [-0.39, 0.29) is 18.1 Å². The molecule has 1 aliphatic heterocycles. The lowest BCUT2D eigenvalue weighted by Gasteiger charge is -2.27. The minimum absolute atomic E-state index is 0.0771. The van der Waals surface area contributed by atoms with E-state index in [0.29, 0.717) is 30.3 Å². The summed E-state index contributed by atoms with van der Waals surface area (Å²) in [6.45, 7) is 3.05. The third kappa shape index (κ3) is 5.41. The number of rotatable bonds is 7. The van der Waals surface area contributed by atoms with Crippen molar-refractivity contribution in [3.05, 3.63) is 77.9 Å². The predicted molar refractivity (Wildman–Crippen MR) is 104 cm³/mol. The molecule has 166 valence electrons. The lowest BCUT2D eigenvalue weighted by atomic mass is 9.95. The molecule has 9 heteroatoms. The Morgan fingerprint density at radius 1 is 1.10 bits per heavy atom. The molecule has 2 aromatic carbocycles. The molecule has 1 aliphatic rings. The molecule has 0 aliphatic carbocycles. The minimum Gasteiger partial charge on any atom is -0.478 e. The smallest absolute Gasteiger partial charge is 0.416 e. The summed E-state index contributed by atoms with van der Waals surface area (Å²) >= 11 is 0. The van der Waals surface area contributed by atoms with Gasteiger partial charge in [0.05, 0.1) is 23.8 Å². The quantitative estimate of drug-likeness (QED) is 0.452. The van der Waals surface area contributed by atoms with Gasteiger partial charge in [0.25, 0.3) is 0 Å². The van der Waals surface area contributed by atoms with Crippen molar-refractivity contribution in [3.63, 3.8) is 0 Å². The van der Waals surface area contributed by atoms with Crippen LogP contribution in [0.25, 0.3) is 0 Å². The van der Waals surface area contributed by atoms with E-state index in [0.717, 1.165) is 12.1 Å². The van der Waals surface area contributed by atoms with Crippen molar-refractivity contribution < 1.29 is 36.6 Å². The third-order valence-corrected chi connectivity index (χ3v) is 5.28. The first-order valence-electron chi connectivity index (χ1n) is 9.42. The maximum absolute atomic E-state index is 13.5. The first kappa shape index (κ1) is 22.7. The molecular weight excluding hydrogens is 421 g/mol. The Labute approximate surface area is 175 Å². The standard InChI is InChI=1S/C22H20F5NO3/c1-2-21(23,24)31-13-19-11-16(14-3-7-17(8-4-14)22(25,26)27)12-28(19)18-9-5-15(6-10-18)20(29)30/h2-10,16,19H,1,11-13H2,(H,29,30)/t16?,19-/m0/s1. The van der Waals surface area contributed by atoms with Crippen molar-refractivity contribution in [3.8, 4) is 0 Å². The van der Waals surface area contributed by atoms with Crippen molar-refractivity contribution in [2.75, 3.05) is 18.1 Å². The number of carboxylic acids is 1. The number of aromatic carboxylic acids is 1. The van der Waals surface area contributed by atoms with Gasteiger partial charge in [0.15, 0.2) is 0 Å². The van der Waals surface area contributed by atoms with Gasteiger partial charge in [-0.05, 0) is 48.4 Å². The molecule has 3 rings (SSSR count). The van der Waals surface area contributed by atoms with Gasteiger partial charge in [-0.25, -0.2) is 4.79 Å². The molecule has 4 nitrogen and oxygen atoms in total. The fraction of sp³-hybridized carbons (Fsp3) is 0.318. The molecule has 1 fully saturated rings. The Kier molecular flexibility index (Phi) is 6.35. The summed E-state index contributed by atoms with van der Waals surface area (Å²) in [5.41, 5.74) is 0.571. The molecule has 1 N–H and O–H groups in total. The van der Waals surface area contributed by atoms with Gasteiger partial charge in [0.1, 0.15) is 0 Å². The molecule has 0 bridgehead atoms.